The minimum atomic E-state index is 0.132. The van der Waals surface area contributed by atoms with E-state index in [1.54, 1.807) is 6.33 Å². The Balaban J connectivity index is 1.59. The van der Waals surface area contributed by atoms with E-state index in [-0.39, 0.29) is 5.91 Å². The van der Waals surface area contributed by atoms with Crippen LogP contribution in [0.4, 0.5) is 0 Å². The number of aromatic nitrogens is 2. The van der Waals surface area contributed by atoms with Crippen LogP contribution in [0.15, 0.2) is 24.5 Å². The van der Waals surface area contributed by atoms with Crippen LogP contribution in [-0.4, -0.2) is 46.5 Å². The number of carbonyl (C=O) groups is 1. The summed E-state index contributed by atoms with van der Waals surface area (Å²) in [4.78, 5) is 21.7. The highest BCUT2D eigenvalue weighted by Gasteiger charge is 2.38. The molecular weight excluding hydrogens is 240 g/mol. The summed E-state index contributed by atoms with van der Waals surface area (Å²) in [6, 6.07) is 6.16. The van der Waals surface area contributed by atoms with Gasteiger partial charge in [0.15, 0.2) is 0 Å². The Hall–Kier alpha value is -1.88. The Kier molecular flexibility index (Phi) is 2.35. The SMILES string of the molecule is O=C(c1ccc2nc[nH]c2c1)N1C[C@@H]2CCN[C@@H]2C1. The molecule has 1 aromatic carbocycles. The Labute approximate surface area is 111 Å². The number of carbonyl (C=O) groups excluding carboxylic acids is 1. The smallest absolute Gasteiger partial charge is 0.253 e. The Morgan fingerprint density at radius 3 is 3.21 bits per heavy atom. The second kappa shape index (κ2) is 4.06. The monoisotopic (exact) mass is 256 g/mol. The van der Waals surface area contributed by atoms with Crippen molar-refractivity contribution in [3.05, 3.63) is 30.1 Å². The van der Waals surface area contributed by atoms with Gasteiger partial charge in [0.1, 0.15) is 0 Å². The lowest BCUT2D eigenvalue weighted by atomic mass is 10.1. The molecule has 0 unspecified atom stereocenters. The first kappa shape index (κ1) is 11.0. The third kappa shape index (κ3) is 1.73. The van der Waals surface area contributed by atoms with Gasteiger partial charge in [-0.05, 0) is 37.1 Å². The van der Waals surface area contributed by atoms with E-state index in [4.69, 9.17) is 0 Å². The highest BCUT2D eigenvalue weighted by Crippen LogP contribution is 2.26. The van der Waals surface area contributed by atoms with Gasteiger partial charge in [-0.2, -0.15) is 0 Å². The number of benzene rings is 1. The van der Waals surface area contributed by atoms with Crippen LogP contribution in [0, 0.1) is 5.92 Å². The molecule has 0 spiro atoms. The van der Waals surface area contributed by atoms with Gasteiger partial charge < -0.3 is 15.2 Å². The van der Waals surface area contributed by atoms with Gasteiger partial charge in [0.2, 0.25) is 0 Å². The molecule has 3 heterocycles. The first-order valence-electron chi connectivity index (χ1n) is 6.77. The number of nitrogens with zero attached hydrogens (tertiary/aromatic N) is 2. The van der Waals surface area contributed by atoms with Crippen molar-refractivity contribution in [1.29, 1.82) is 0 Å². The van der Waals surface area contributed by atoms with Gasteiger partial charge in [-0.3, -0.25) is 4.79 Å². The average Bonchev–Trinajstić information content (AvgIpc) is 3.11. The highest BCUT2D eigenvalue weighted by molar-refractivity contribution is 5.97. The van der Waals surface area contributed by atoms with Gasteiger partial charge in [-0.15, -0.1) is 0 Å². The van der Waals surface area contributed by atoms with Crippen LogP contribution in [-0.2, 0) is 0 Å². The quantitative estimate of drug-likeness (QED) is 0.800. The fourth-order valence-corrected chi connectivity index (χ4v) is 3.27. The van der Waals surface area contributed by atoms with Crippen LogP contribution < -0.4 is 5.32 Å². The zero-order valence-electron chi connectivity index (χ0n) is 10.6. The summed E-state index contributed by atoms with van der Waals surface area (Å²) in [5.41, 5.74) is 2.57. The molecule has 5 heteroatoms. The fourth-order valence-electron chi connectivity index (χ4n) is 3.27. The van der Waals surface area contributed by atoms with Crippen LogP contribution in [0.3, 0.4) is 0 Å². The van der Waals surface area contributed by atoms with E-state index < -0.39 is 0 Å². The van der Waals surface area contributed by atoms with E-state index >= 15 is 0 Å². The first-order valence-corrected chi connectivity index (χ1v) is 6.77. The molecule has 5 nitrogen and oxygen atoms in total. The van der Waals surface area contributed by atoms with Gasteiger partial charge in [-0.25, -0.2) is 4.98 Å². The number of rotatable bonds is 1. The Bertz CT molecular complexity index is 623. The predicted molar refractivity (Wildman–Crippen MR) is 71.9 cm³/mol. The predicted octanol–water partition coefficient (Wildman–Crippen LogP) is 0.997. The van der Waals surface area contributed by atoms with E-state index in [0.29, 0.717) is 12.0 Å². The lowest BCUT2D eigenvalue weighted by Crippen LogP contribution is -2.33. The summed E-state index contributed by atoms with van der Waals surface area (Å²) in [6.45, 7) is 2.82. The summed E-state index contributed by atoms with van der Waals surface area (Å²) >= 11 is 0. The molecule has 2 aliphatic heterocycles. The van der Waals surface area contributed by atoms with Crippen LogP contribution in [0.25, 0.3) is 11.0 Å². The van der Waals surface area contributed by atoms with E-state index in [0.717, 1.165) is 36.2 Å². The van der Waals surface area contributed by atoms with Gasteiger partial charge in [0, 0.05) is 24.7 Å². The second-order valence-corrected chi connectivity index (χ2v) is 5.45. The maximum Gasteiger partial charge on any atom is 0.253 e. The lowest BCUT2D eigenvalue weighted by molar-refractivity contribution is 0.0783. The van der Waals surface area contributed by atoms with Crippen molar-refractivity contribution in [2.45, 2.75) is 12.5 Å². The molecule has 2 saturated heterocycles. The van der Waals surface area contributed by atoms with Gasteiger partial charge in [-0.1, -0.05) is 0 Å². The number of fused-ring (bicyclic) bond motifs is 2. The van der Waals surface area contributed by atoms with Gasteiger partial charge in [0.05, 0.1) is 17.4 Å². The molecule has 2 aromatic rings. The summed E-state index contributed by atoms with van der Waals surface area (Å²) in [5, 5.41) is 3.47. The Morgan fingerprint density at radius 2 is 2.32 bits per heavy atom. The normalized spacial score (nSPS) is 26.0. The van der Waals surface area contributed by atoms with Crippen LogP contribution in [0.5, 0.6) is 0 Å². The van der Waals surface area contributed by atoms with Crippen molar-refractivity contribution in [3.63, 3.8) is 0 Å². The van der Waals surface area contributed by atoms with Crippen molar-refractivity contribution in [1.82, 2.24) is 20.2 Å². The maximum atomic E-state index is 12.5. The molecule has 19 heavy (non-hydrogen) atoms. The minimum absolute atomic E-state index is 0.132. The minimum Gasteiger partial charge on any atom is -0.345 e. The molecule has 0 radical (unpaired) electrons. The summed E-state index contributed by atoms with van der Waals surface area (Å²) < 4.78 is 0. The van der Waals surface area contributed by atoms with E-state index in [1.807, 2.05) is 23.1 Å². The van der Waals surface area contributed by atoms with Crippen molar-refractivity contribution >= 4 is 16.9 Å². The van der Waals surface area contributed by atoms with Gasteiger partial charge >= 0.3 is 0 Å². The molecule has 0 saturated carbocycles. The first-order chi connectivity index (χ1) is 9.31. The summed E-state index contributed by atoms with van der Waals surface area (Å²) in [6.07, 6.45) is 2.84. The van der Waals surface area contributed by atoms with Crippen molar-refractivity contribution < 1.29 is 4.79 Å². The summed E-state index contributed by atoms with van der Waals surface area (Å²) in [5.74, 6) is 0.771. The van der Waals surface area contributed by atoms with Gasteiger partial charge in [0.25, 0.3) is 5.91 Å². The number of H-pyrrole nitrogens is 1. The third-order valence-electron chi connectivity index (χ3n) is 4.32. The number of amides is 1. The topological polar surface area (TPSA) is 61.0 Å². The number of aromatic amines is 1. The molecule has 0 bridgehead atoms. The second-order valence-electron chi connectivity index (χ2n) is 5.45. The number of nitrogens with one attached hydrogen (secondary N) is 2. The van der Waals surface area contributed by atoms with Crippen LogP contribution in [0.2, 0.25) is 0 Å². The molecule has 4 rings (SSSR count). The number of likely N-dealkylation sites (tertiary alicyclic amines) is 1. The zero-order valence-corrected chi connectivity index (χ0v) is 10.6. The molecule has 98 valence electrons. The van der Waals surface area contributed by atoms with E-state index in [1.165, 1.54) is 6.42 Å². The molecule has 2 atom stereocenters. The molecule has 1 aromatic heterocycles. The van der Waals surface area contributed by atoms with Crippen LogP contribution in [0.1, 0.15) is 16.8 Å². The van der Waals surface area contributed by atoms with Crippen molar-refractivity contribution in [2.24, 2.45) is 5.92 Å². The van der Waals surface area contributed by atoms with E-state index in [9.17, 15) is 4.79 Å². The Morgan fingerprint density at radius 1 is 1.37 bits per heavy atom. The maximum absolute atomic E-state index is 12.5. The molecule has 2 fully saturated rings. The fraction of sp³-hybridized carbons (Fsp3) is 0.429. The molecule has 2 aliphatic rings. The third-order valence-corrected chi connectivity index (χ3v) is 4.32. The lowest BCUT2D eigenvalue weighted by Gasteiger charge is -2.17. The standard InChI is InChI=1S/C14H16N4O/c19-14(18-6-10-3-4-15-13(10)7-18)9-1-2-11-12(5-9)17-8-16-11/h1-2,5,8,10,13,15H,3-4,6-7H2,(H,16,17)/t10-,13+/m0/s1. The highest BCUT2D eigenvalue weighted by atomic mass is 16.2. The number of hydrogen-bond acceptors (Lipinski definition) is 3. The summed E-state index contributed by atoms with van der Waals surface area (Å²) in [7, 11) is 0. The molecular formula is C14H16N4O. The molecule has 0 aliphatic carbocycles. The van der Waals surface area contributed by atoms with Crippen molar-refractivity contribution in [3.8, 4) is 0 Å². The zero-order chi connectivity index (χ0) is 12.8. The average molecular weight is 256 g/mol. The molecule has 2 N–H and O–H groups in total. The van der Waals surface area contributed by atoms with E-state index in [2.05, 4.69) is 15.3 Å². The van der Waals surface area contributed by atoms with Crippen LogP contribution >= 0.6 is 0 Å². The largest absolute Gasteiger partial charge is 0.345 e. The number of hydrogen-bond donors (Lipinski definition) is 2. The van der Waals surface area contributed by atoms with Crippen molar-refractivity contribution in [2.75, 3.05) is 19.6 Å². The molecule has 1 amide bonds. The number of imidazole rings is 1.